The number of carbonyl (C=O) groups excluding carboxylic acids is 1. The minimum absolute atomic E-state index is 0.133. The molecule has 0 unspecified atom stereocenters. The summed E-state index contributed by atoms with van der Waals surface area (Å²) in [6, 6.07) is 9.80. The molecule has 0 saturated carbocycles. The van der Waals surface area contributed by atoms with Crippen molar-refractivity contribution in [2.75, 3.05) is 26.9 Å². The van der Waals surface area contributed by atoms with E-state index in [4.69, 9.17) is 13.9 Å². The van der Waals surface area contributed by atoms with Gasteiger partial charge in [-0.2, -0.15) is 0 Å². The number of rotatable bonds is 9. The molecule has 6 heteroatoms. The molecule has 5 nitrogen and oxygen atoms in total. The number of methoxy groups -OCH3 is 1. The molecule has 0 spiro atoms. The Balaban J connectivity index is 1.77. The van der Waals surface area contributed by atoms with Crippen LogP contribution in [0.3, 0.4) is 0 Å². The van der Waals surface area contributed by atoms with Crippen molar-refractivity contribution in [3.05, 3.63) is 48.0 Å². The van der Waals surface area contributed by atoms with Crippen LogP contribution in [0.15, 0.2) is 40.8 Å². The van der Waals surface area contributed by atoms with Gasteiger partial charge in [-0.05, 0) is 24.3 Å². The molecule has 1 aromatic carbocycles. The van der Waals surface area contributed by atoms with E-state index in [1.807, 2.05) is 0 Å². The number of hydrogen-bond acceptors (Lipinski definition) is 4. The fourth-order valence-corrected chi connectivity index (χ4v) is 1.96. The average molecular weight is 321 g/mol. The highest BCUT2D eigenvalue weighted by Crippen LogP contribution is 2.24. The number of hydrogen-bond donors (Lipinski definition) is 1. The molecular formula is C17H20FNO4. The Morgan fingerprint density at radius 1 is 1.17 bits per heavy atom. The summed E-state index contributed by atoms with van der Waals surface area (Å²) in [5.74, 6) is 0.532. The molecule has 1 heterocycles. The Morgan fingerprint density at radius 2 is 2.00 bits per heavy atom. The minimum atomic E-state index is -0.342. The van der Waals surface area contributed by atoms with Gasteiger partial charge in [0.05, 0.1) is 31.9 Å². The van der Waals surface area contributed by atoms with Crippen LogP contribution in [0, 0.1) is 5.82 Å². The first-order chi connectivity index (χ1) is 11.2. The van der Waals surface area contributed by atoms with E-state index in [1.54, 1.807) is 37.4 Å². The quantitative estimate of drug-likeness (QED) is 0.722. The van der Waals surface area contributed by atoms with Gasteiger partial charge in [-0.1, -0.05) is 12.1 Å². The number of benzene rings is 1. The zero-order valence-electron chi connectivity index (χ0n) is 13.0. The Morgan fingerprint density at radius 3 is 2.78 bits per heavy atom. The van der Waals surface area contributed by atoms with Crippen molar-refractivity contribution in [1.29, 1.82) is 0 Å². The van der Waals surface area contributed by atoms with Crippen LogP contribution in [0.4, 0.5) is 4.39 Å². The lowest BCUT2D eigenvalue weighted by Crippen LogP contribution is -2.23. The van der Waals surface area contributed by atoms with Crippen molar-refractivity contribution in [2.45, 2.75) is 13.0 Å². The molecule has 0 aliphatic heterocycles. The lowest BCUT2D eigenvalue weighted by Gasteiger charge is -2.05. The molecule has 2 aromatic rings. The van der Waals surface area contributed by atoms with Gasteiger partial charge in [-0.25, -0.2) is 4.39 Å². The van der Waals surface area contributed by atoms with E-state index in [1.165, 1.54) is 6.07 Å². The Labute approximate surface area is 134 Å². The third-order valence-electron chi connectivity index (χ3n) is 3.17. The first kappa shape index (κ1) is 17.2. The van der Waals surface area contributed by atoms with Crippen molar-refractivity contribution < 1.29 is 23.1 Å². The summed E-state index contributed by atoms with van der Waals surface area (Å²) in [5, 5.41) is 2.73. The molecule has 0 fully saturated rings. The van der Waals surface area contributed by atoms with Crippen molar-refractivity contribution in [1.82, 2.24) is 5.32 Å². The van der Waals surface area contributed by atoms with Crippen LogP contribution < -0.4 is 5.32 Å². The maximum atomic E-state index is 13.7. The average Bonchev–Trinajstić information content (AvgIpc) is 3.02. The first-order valence-electron chi connectivity index (χ1n) is 7.37. The highest BCUT2D eigenvalue weighted by molar-refractivity contribution is 5.75. The van der Waals surface area contributed by atoms with E-state index in [9.17, 15) is 9.18 Å². The number of amides is 1. The van der Waals surface area contributed by atoms with Gasteiger partial charge >= 0.3 is 0 Å². The second-order valence-electron chi connectivity index (χ2n) is 4.88. The summed E-state index contributed by atoms with van der Waals surface area (Å²) in [6.07, 6.45) is 0.268. The summed E-state index contributed by atoms with van der Waals surface area (Å²) in [6.45, 7) is 1.57. The van der Waals surface area contributed by atoms with E-state index in [0.717, 1.165) is 0 Å². The van der Waals surface area contributed by atoms with E-state index < -0.39 is 0 Å². The van der Waals surface area contributed by atoms with E-state index >= 15 is 0 Å². The summed E-state index contributed by atoms with van der Waals surface area (Å²) in [5.41, 5.74) is 0.400. The fourth-order valence-electron chi connectivity index (χ4n) is 1.96. The monoisotopic (exact) mass is 321 g/mol. The molecular weight excluding hydrogens is 301 g/mol. The number of carbonyl (C=O) groups is 1. The maximum Gasteiger partial charge on any atom is 0.222 e. The third-order valence-corrected chi connectivity index (χ3v) is 3.17. The molecule has 0 bridgehead atoms. The molecule has 0 radical (unpaired) electrons. The summed E-state index contributed by atoms with van der Waals surface area (Å²) < 4.78 is 29.3. The predicted octanol–water partition coefficient (Wildman–Crippen LogP) is 2.76. The molecule has 124 valence electrons. The Kier molecular flexibility index (Phi) is 6.77. The van der Waals surface area contributed by atoms with Crippen LogP contribution in [0.1, 0.15) is 12.2 Å². The highest BCUT2D eigenvalue weighted by atomic mass is 19.1. The highest BCUT2D eigenvalue weighted by Gasteiger charge is 2.09. The molecule has 0 saturated heterocycles. The van der Waals surface area contributed by atoms with Gasteiger partial charge in [0.25, 0.3) is 0 Å². The largest absolute Gasteiger partial charge is 0.459 e. The van der Waals surface area contributed by atoms with Crippen molar-refractivity contribution >= 4 is 5.91 Å². The van der Waals surface area contributed by atoms with Gasteiger partial charge in [-0.3, -0.25) is 4.79 Å². The maximum absolute atomic E-state index is 13.7. The lowest BCUT2D eigenvalue weighted by molar-refractivity contribution is -0.122. The molecule has 2 rings (SSSR count). The third kappa shape index (κ3) is 5.50. The summed E-state index contributed by atoms with van der Waals surface area (Å²) in [7, 11) is 1.59. The van der Waals surface area contributed by atoms with Crippen LogP contribution >= 0.6 is 0 Å². The molecule has 1 N–H and O–H groups in total. The standard InChI is InChI=1S/C17H20FNO4/c1-21-10-11-22-9-8-17(20)19-12-13-6-7-16(23-13)14-4-2-3-5-15(14)18/h2-7H,8-12H2,1H3,(H,19,20). The van der Waals surface area contributed by atoms with Gasteiger partial charge in [0, 0.05) is 13.5 Å². The molecule has 1 aromatic heterocycles. The smallest absolute Gasteiger partial charge is 0.222 e. The molecule has 0 aliphatic carbocycles. The fraction of sp³-hybridized carbons (Fsp3) is 0.353. The zero-order valence-corrected chi connectivity index (χ0v) is 13.0. The van der Waals surface area contributed by atoms with E-state index in [0.29, 0.717) is 36.9 Å². The SMILES string of the molecule is COCCOCCC(=O)NCc1ccc(-c2ccccc2F)o1. The van der Waals surface area contributed by atoms with E-state index in [2.05, 4.69) is 5.32 Å². The van der Waals surface area contributed by atoms with Gasteiger partial charge in [0.1, 0.15) is 17.3 Å². The van der Waals surface area contributed by atoms with Crippen LogP contribution in [0.2, 0.25) is 0 Å². The zero-order chi connectivity index (χ0) is 16.5. The lowest BCUT2D eigenvalue weighted by atomic mass is 10.1. The Bertz CT molecular complexity index is 627. The number of ether oxygens (including phenoxy) is 2. The van der Waals surface area contributed by atoms with Crippen LogP contribution in [0.25, 0.3) is 11.3 Å². The summed E-state index contributed by atoms with van der Waals surface area (Å²) in [4.78, 5) is 11.7. The van der Waals surface area contributed by atoms with Crippen LogP contribution in [-0.4, -0.2) is 32.8 Å². The van der Waals surface area contributed by atoms with Gasteiger partial charge in [0.2, 0.25) is 5.91 Å². The Hall–Kier alpha value is -2.18. The second kappa shape index (κ2) is 9.07. The topological polar surface area (TPSA) is 60.7 Å². The normalized spacial score (nSPS) is 10.7. The number of halogens is 1. The number of nitrogens with one attached hydrogen (secondary N) is 1. The van der Waals surface area contributed by atoms with Gasteiger partial charge in [-0.15, -0.1) is 0 Å². The molecule has 0 aliphatic rings. The minimum Gasteiger partial charge on any atom is -0.459 e. The second-order valence-corrected chi connectivity index (χ2v) is 4.88. The van der Waals surface area contributed by atoms with Crippen LogP contribution in [0.5, 0.6) is 0 Å². The van der Waals surface area contributed by atoms with Gasteiger partial charge < -0.3 is 19.2 Å². The first-order valence-corrected chi connectivity index (χ1v) is 7.37. The summed E-state index contributed by atoms with van der Waals surface area (Å²) >= 11 is 0. The van der Waals surface area contributed by atoms with Crippen molar-refractivity contribution in [3.63, 3.8) is 0 Å². The molecule has 1 amide bonds. The van der Waals surface area contributed by atoms with Crippen molar-refractivity contribution in [3.8, 4) is 11.3 Å². The van der Waals surface area contributed by atoms with Gasteiger partial charge in [0.15, 0.2) is 0 Å². The number of furan rings is 1. The van der Waals surface area contributed by atoms with E-state index in [-0.39, 0.29) is 24.7 Å². The molecule has 23 heavy (non-hydrogen) atoms. The van der Waals surface area contributed by atoms with Crippen molar-refractivity contribution in [2.24, 2.45) is 0 Å². The van der Waals surface area contributed by atoms with Crippen LogP contribution in [-0.2, 0) is 20.8 Å². The molecule has 0 atom stereocenters. The predicted molar refractivity (Wildman–Crippen MR) is 83.3 cm³/mol.